The lowest BCUT2D eigenvalue weighted by Crippen LogP contribution is -2.49. The molecule has 0 N–H and O–H groups in total. The van der Waals surface area contributed by atoms with Crippen molar-refractivity contribution in [2.75, 3.05) is 32.8 Å². The van der Waals surface area contributed by atoms with Gasteiger partial charge in [-0.05, 0) is 29.8 Å². The summed E-state index contributed by atoms with van der Waals surface area (Å²) in [5.41, 5.74) is 0.597. The van der Waals surface area contributed by atoms with Gasteiger partial charge in [-0.2, -0.15) is 18.4 Å². The lowest BCUT2D eigenvalue weighted by Gasteiger charge is -2.37. The van der Waals surface area contributed by atoms with Crippen LogP contribution in [0.1, 0.15) is 22.0 Å². The molecule has 1 fully saturated rings. The van der Waals surface area contributed by atoms with E-state index in [0.29, 0.717) is 18.7 Å². The third-order valence-corrected chi connectivity index (χ3v) is 4.65. The van der Waals surface area contributed by atoms with E-state index in [-0.39, 0.29) is 24.5 Å². The number of nitriles is 1. The molecule has 6 nitrogen and oxygen atoms in total. The van der Waals surface area contributed by atoms with E-state index >= 15 is 0 Å². The quantitative estimate of drug-likeness (QED) is 0.693. The Kier molecular flexibility index (Phi) is 6.52. The second-order valence-electron chi connectivity index (χ2n) is 6.67. The van der Waals surface area contributed by atoms with Gasteiger partial charge in [-0.25, -0.2) is 9.37 Å². The second kappa shape index (κ2) is 9.09. The number of pyridine rings is 1. The molecule has 10 heteroatoms. The summed E-state index contributed by atoms with van der Waals surface area (Å²) in [5.74, 6) is -1.26. The van der Waals surface area contributed by atoms with Gasteiger partial charge in [0.1, 0.15) is 17.4 Å². The number of alkyl halides is 3. The van der Waals surface area contributed by atoms with E-state index in [1.807, 2.05) is 4.90 Å². The minimum absolute atomic E-state index is 0.0504. The minimum atomic E-state index is -4.55. The van der Waals surface area contributed by atoms with Gasteiger partial charge in [-0.3, -0.25) is 9.69 Å². The van der Waals surface area contributed by atoms with Crippen LogP contribution < -0.4 is 4.74 Å². The molecule has 1 aliphatic rings. The van der Waals surface area contributed by atoms with Crippen molar-refractivity contribution in [1.29, 1.82) is 5.26 Å². The average molecular weight is 422 g/mol. The number of amides is 1. The number of carbonyl (C=O) groups is 1. The number of ether oxygens (including phenoxy) is 1. The lowest BCUT2D eigenvalue weighted by atomic mass is 10.1. The van der Waals surface area contributed by atoms with Crippen molar-refractivity contribution in [3.8, 4) is 11.9 Å². The Morgan fingerprint density at radius 2 is 1.83 bits per heavy atom. The zero-order chi connectivity index (χ0) is 21.7. The zero-order valence-corrected chi connectivity index (χ0v) is 15.8. The van der Waals surface area contributed by atoms with Gasteiger partial charge in [-0.1, -0.05) is 12.1 Å². The Balaban J connectivity index is 1.66. The lowest BCUT2D eigenvalue weighted by molar-refractivity contribution is -0.154. The molecule has 158 valence electrons. The van der Waals surface area contributed by atoms with Gasteiger partial charge in [0.25, 0.3) is 5.91 Å². The van der Waals surface area contributed by atoms with Crippen molar-refractivity contribution < 1.29 is 27.1 Å². The summed E-state index contributed by atoms with van der Waals surface area (Å²) >= 11 is 0. The first kappa shape index (κ1) is 21.5. The highest BCUT2D eigenvalue weighted by atomic mass is 19.4. The van der Waals surface area contributed by atoms with E-state index < -0.39 is 30.5 Å². The van der Waals surface area contributed by atoms with Gasteiger partial charge in [-0.15, -0.1) is 0 Å². The monoisotopic (exact) mass is 422 g/mol. The molecular weight excluding hydrogens is 404 g/mol. The Labute approximate surface area is 170 Å². The fourth-order valence-corrected chi connectivity index (χ4v) is 3.18. The maximum absolute atomic E-state index is 13.1. The molecule has 0 bridgehead atoms. The largest absolute Gasteiger partial charge is 0.467 e. The molecule has 1 aliphatic heterocycles. The molecule has 0 spiro atoms. The number of benzene rings is 1. The molecular formula is C20H18F4N4O2. The third-order valence-electron chi connectivity index (χ3n) is 4.65. The number of rotatable bonds is 5. The molecule has 3 rings (SSSR count). The fourth-order valence-electron chi connectivity index (χ4n) is 3.18. The Morgan fingerprint density at radius 1 is 1.17 bits per heavy atom. The molecule has 0 aliphatic carbocycles. The predicted molar refractivity (Wildman–Crippen MR) is 98.0 cm³/mol. The maximum Gasteiger partial charge on any atom is 0.422 e. The van der Waals surface area contributed by atoms with Crippen LogP contribution in [0.15, 0.2) is 42.6 Å². The summed E-state index contributed by atoms with van der Waals surface area (Å²) in [5, 5.41) is 9.53. The first-order valence-electron chi connectivity index (χ1n) is 9.11. The molecule has 0 radical (unpaired) electrons. The standard InChI is InChI=1S/C20H18F4N4O2/c21-15-5-3-14(4-6-15)17(12-25)27-8-10-28(11-9-27)19(29)16-2-1-7-26-18(16)30-13-20(22,23)24/h1-7,17H,8-11,13H2/t17-/m1/s1. The molecule has 1 aromatic carbocycles. The van der Waals surface area contributed by atoms with Crippen molar-refractivity contribution >= 4 is 5.91 Å². The molecule has 0 saturated carbocycles. The van der Waals surface area contributed by atoms with Crippen LogP contribution in [0.2, 0.25) is 0 Å². The van der Waals surface area contributed by atoms with Gasteiger partial charge in [0.05, 0.1) is 6.07 Å². The molecule has 0 unspecified atom stereocenters. The minimum Gasteiger partial charge on any atom is -0.467 e. The summed E-state index contributed by atoms with van der Waals surface area (Å²) < 4.78 is 55.1. The predicted octanol–water partition coefficient (Wildman–Crippen LogP) is 3.18. The molecule has 30 heavy (non-hydrogen) atoms. The van der Waals surface area contributed by atoms with Crippen LogP contribution in [0.4, 0.5) is 17.6 Å². The van der Waals surface area contributed by atoms with Crippen LogP contribution in [-0.4, -0.2) is 59.7 Å². The van der Waals surface area contributed by atoms with Gasteiger partial charge < -0.3 is 9.64 Å². The van der Waals surface area contributed by atoms with Crippen LogP contribution in [0.3, 0.4) is 0 Å². The van der Waals surface area contributed by atoms with Gasteiger partial charge >= 0.3 is 6.18 Å². The fraction of sp³-hybridized carbons (Fsp3) is 0.350. The second-order valence-corrected chi connectivity index (χ2v) is 6.67. The number of hydrogen-bond donors (Lipinski definition) is 0. The van der Waals surface area contributed by atoms with Crippen LogP contribution >= 0.6 is 0 Å². The normalized spacial score (nSPS) is 16.0. The Bertz CT molecular complexity index is 920. The summed E-state index contributed by atoms with van der Waals surface area (Å²) in [4.78, 5) is 19.9. The van der Waals surface area contributed by atoms with E-state index in [1.54, 1.807) is 12.1 Å². The number of aromatic nitrogens is 1. The van der Waals surface area contributed by atoms with Crippen molar-refractivity contribution in [1.82, 2.24) is 14.8 Å². The molecule has 1 saturated heterocycles. The summed E-state index contributed by atoms with van der Waals surface area (Å²) in [6.07, 6.45) is -3.29. The highest BCUT2D eigenvalue weighted by Crippen LogP contribution is 2.24. The number of nitrogens with zero attached hydrogens (tertiary/aromatic N) is 4. The highest BCUT2D eigenvalue weighted by Gasteiger charge is 2.31. The van der Waals surface area contributed by atoms with Gasteiger partial charge in [0.15, 0.2) is 6.61 Å². The zero-order valence-electron chi connectivity index (χ0n) is 15.8. The Hall–Kier alpha value is -3.19. The topological polar surface area (TPSA) is 69.5 Å². The van der Waals surface area contributed by atoms with Crippen molar-refractivity contribution in [3.05, 3.63) is 59.5 Å². The molecule has 1 aromatic heterocycles. The van der Waals surface area contributed by atoms with Crippen LogP contribution in [0, 0.1) is 17.1 Å². The number of piperazine rings is 1. The van der Waals surface area contributed by atoms with E-state index in [2.05, 4.69) is 11.1 Å². The summed E-state index contributed by atoms with van der Waals surface area (Å²) in [6.45, 7) is -0.252. The molecule has 2 aromatic rings. The van der Waals surface area contributed by atoms with Crippen molar-refractivity contribution in [3.63, 3.8) is 0 Å². The number of carbonyl (C=O) groups excluding carboxylic acids is 1. The van der Waals surface area contributed by atoms with Crippen molar-refractivity contribution in [2.24, 2.45) is 0 Å². The number of halogens is 4. The molecule has 1 amide bonds. The molecule has 2 heterocycles. The van der Waals surface area contributed by atoms with Crippen LogP contribution in [0.5, 0.6) is 5.88 Å². The van der Waals surface area contributed by atoms with Crippen LogP contribution in [-0.2, 0) is 0 Å². The summed E-state index contributed by atoms with van der Waals surface area (Å²) in [6, 6.07) is 10.1. The first-order chi connectivity index (χ1) is 14.3. The SMILES string of the molecule is N#C[C@H](c1ccc(F)cc1)N1CCN(C(=O)c2cccnc2OCC(F)(F)F)CC1. The Morgan fingerprint density at radius 3 is 2.43 bits per heavy atom. The van der Waals surface area contributed by atoms with Crippen LogP contribution in [0.25, 0.3) is 0 Å². The third kappa shape index (κ3) is 5.24. The number of hydrogen-bond acceptors (Lipinski definition) is 5. The summed E-state index contributed by atoms with van der Waals surface area (Å²) in [7, 11) is 0. The van der Waals surface area contributed by atoms with E-state index in [0.717, 1.165) is 0 Å². The van der Waals surface area contributed by atoms with E-state index in [1.165, 1.54) is 35.4 Å². The maximum atomic E-state index is 13.1. The van der Waals surface area contributed by atoms with Gasteiger partial charge in [0, 0.05) is 32.4 Å². The van der Waals surface area contributed by atoms with Gasteiger partial charge in [0.2, 0.25) is 5.88 Å². The first-order valence-corrected chi connectivity index (χ1v) is 9.11. The van der Waals surface area contributed by atoms with Crippen molar-refractivity contribution in [2.45, 2.75) is 12.2 Å². The molecule has 1 atom stereocenters. The smallest absolute Gasteiger partial charge is 0.422 e. The van der Waals surface area contributed by atoms with E-state index in [4.69, 9.17) is 4.74 Å². The highest BCUT2D eigenvalue weighted by molar-refractivity contribution is 5.96. The average Bonchev–Trinajstić information content (AvgIpc) is 2.74. The van der Waals surface area contributed by atoms with E-state index in [9.17, 15) is 27.6 Å².